The van der Waals surface area contributed by atoms with Crippen LogP contribution in [0, 0.1) is 186 Å². The van der Waals surface area contributed by atoms with Crippen LogP contribution in [0.2, 0.25) is 0 Å². The third-order valence-electron chi connectivity index (χ3n) is 18.1. The Morgan fingerprint density at radius 1 is 0.217 bits per heavy atom. The van der Waals surface area contributed by atoms with Crippen molar-refractivity contribution in [3.63, 3.8) is 0 Å². The van der Waals surface area contributed by atoms with Gasteiger partial charge in [0.2, 0.25) is 5.82 Å². The van der Waals surface area contributed by atoms with Gasteiger partial charge in [-0.05, 0) is 75.9 Å². The van der Waals surface area contributed by atoms with Gasteiger partial charge in [-0.25, -0.2) is 140 Å². The highest BCUT2D eigenvalue weighted by Gasteiger charge is 2.64. The molecule has 0 atom stereocenters. The number of benzene rings is 10. The van der Waals surface area contributed by atoms with E-state index in [1.54, 1.807) is 0 Å². The maximum Gasteiger partial charge on any atom is 0.514 e. The molecule has 0 aliphatic carbocycles. The summed E-state index contributed by atoms with van der Waals surface area (Å²) in [7, 11) is 0. The third-order valence-corrected chi connectivity index (χ3v) is 18.1. The number of halogens is 45. The molecule has 0 aromatic heterocycles. The fourth-order valence-electron chi connectivity index (χ4n) is 13.3. The molecule has 624 valence electrons. The zero-order valence-electron chi connectivity index (χ0n) is 55.9. The molecule has 0 unspecified atom stereocenters. The Morgan fingerprint density at radius 2 is 0.426 bits per heavy atom. The zero-order chi connectivity index (χ0) is 88.0. The Morgan fingerprint density at radius 3 is 0.635 bits per heavy atom. The minimum Gasteiger partial charge on any atom is -0.277 e. The molecule has 1 nitrogen and oxygen atoms in total. The maximum atomic E-state index is 18.1. The predicted molar refractivity (Wildman–Crippen MR) is 311 cm³/mol. The molecule has 0 fully saturated rings. The van der Waals surface area contributed by atoms with Crippen LogP contribution < -0.4 is 27.2 Å². The fourth-order valence-corrected chi connectivity index (χ4v) is 13.3. The number of aryl methyl sites for hydroxylation is 4. The highest BCUT2D eigenvalue weighted by atomic mass is 19.4. The van der Waals surface area contributed by atoms with E-state index >= 15 is 105 Å². The SMILES string of the molecule is CCC[NH2+]C(F)(F)C(F)(F)F.CCc1c(F)c(F)c(F)c2c(F)c(F)c(F)c([B-](c3c(F)c(F)c(F)c4c(F)c(F)c(F)c(CC)c34)(c3c(F)c(F)c(F)c4c(F)c(F)c(F)c(CC)c34)c3c(F)c(F)c(F)c4c(F)c(F)c(F)c(CC)c34)c12.Fc1c(F)c(F)c(-c2c(C(F)(F)F)c(F)c(F)c(F)c2C(F)(F)C(F)(F)F)c(F)c1F. The lowest BCUT2D eigenvalue weighted by Gasteiger charge is -2.48. The molecule has 0 spiro atoms. The summed E-state index contributed by atoms with van der Waals surface area (Å²) >= 11 is 0. The first kappa shape index (κ1) is 90.6. The number of hydrogen-bond donors (Lipinski definition) is 1. The summed E-state index contributed by atoms with van der Waals surface area (Å²) in [6.07, 6.45) is -31.8. The van der Waals surface area contributed by atoms with Gasteiger partial charge in [0.25, 0.3) is 0 Å². The van der Waals surface area contributed by atoms with E-state index in [4.69, 9.17) is 0 Å². The summed E-state index contributed by atoms with van der Waals surface area (Å²) in [6.45, 7) is 3.73. The van der Waals surface area contributed by atoms with Crippen molar-refractivity contribution in [3.8, 4) is 11.1 Å². The van der Waals surface area contributed by atoms with E-state index in [9.17, 15) is 92.2 Å². The molecule has 0 saturated carbocycles. The number of nitrogens with two attached hydrogens (primary N) is 1. The average Bonchev–Trinajstić information content (AvgIpc) is 0.659. The van der Waals surface area contributed by atoms with Crippen molar-refractivity contribution >= 4 is 71.1 Å². The highest BCUT2D eigenvalue weighted by molar-refractivity contribution is 7.23. The number of alkyl halides is 13. The second-order valence-electron chi connectivity index (χ2n) is 24.1. The highest BCUT2D eigenvalue weighted by Crippen LogP contribution is 2.55. The minimum absolute atomic E-state index is 0.00694. The third kappa shape index (κ3) is 13.4. The number of fused-ring (bicyclic) bond motifs is 4. The van der Waals surface area contributed by atoms with E-state index < -0.39 is 358 Å². The van der Waals surface area contributed by atoms with Crippen LogP contribution in [0.3, 0.4) is 0 Å². The monoisotopic (exact) mass is 1730 g/mol. The normalized spacial score (nSPS) is 12.7. The van der Waals surface area contributed by atoms with Gasteiger partial charge in [-0.15, -0.1) is 30.6 Å². The van der Waals surface area contributed by atoms with E-state index in [2.05, 4.69) is 0 Å². The molecule has 10 aromatic rings. The maximum absolute atomic E-state index is 18.1. The molecule has 115 heavy (non-hydrogen) atoms. The summed E-state index contributed by atoms with van der Waals surface area (Å²) in [5.74, 6) is -109. The van der Waals surface area contributed by atoms with Crippen LogP contribution in [0.4, 0.5) is 198 Å². The molecular weight excluding hydrogens is 1700 g/mol. The Kier molecular flexibility index (Phi) is 24.4. The molecule has 10 aromatic carbocycles. The molecule has 0 radical (unpaired) electrons. The minimum atomic E-state index is -7.12. The lowest BCUT2D eigenvalue weighted by molar-refractivity contribution is -0.810. The van der Waals surface area contributed by atoms with Crippen molar-refractivity contribution in [1.82, 2.24) is 0 Å². The van der Waals surface area contributed by atoms with Crippen LogP contribution in [-0.2, 0) is 37.8 Å². The number of hydrogen-bond acceptors (Lipinski definition) is 0. The standard InChI is InChI=1S/C48H20BF24.C15F16.C5H8F5N/c1-5-9-13-17(29(54)41(66)25(9)50)33(58)45(70)37(62)21(13)49(22-14-10(6-2)26(51)42(67)30(55)18(14)34(59)46(71)38(22)63,23-15-11(7-3)27(52)43(68)31(56)19(15)35(60)47(72)39(23)64)24-16-12(8-4)28(53)44(69)32(57)20(16)36(61)48(73)40(24)65;16-5-2(6(17)10(21)12(23)9(5)20)1-3(13(24,25)15(29,30)31)7(18)11(22)8(19)4(1)14(26,27)28;1-2-3-11-5(9,10)4(6,7)8/h5-8H2,1-4H3;;11H,2-3H2,1H3/q-1;;/p+1. The molecule has 0 aliphatic heterocycles. The average molecular weight is 1730 g/mol. The number of quaternary nitrogens is 1. The molecule has 10 rings (SSSR count). The van der Waals surface area contributed by atoms with E-state index in [1.165, 1.54) is 6.92 Å². The topological polar surface area (TPSA) is 16.6 Å². The summed E-state index contributed by atoms with van der Waals surface area (Å²) in [5, 5.41) is -19.9. The molecule has 0 heterocycles. The van der Waals surface area contributed by atoms with Gasteiger partial charge in [-0.2, -0.15) is 48.3 Å². The Balaban J connectivity index is 0.000000323. The largest absolute Gasteiger partial charge is 0.514 e. The van der Waals surface area contributed by atoms with Crippen molar-refractivity contribution in [2.75, 3.05) is 6.54 Å². The summed E-state index contributed by atoms with van der Waals surface area (Å²) in [5.41, 5.74) is -33.7. The molecule has 0 bridgehead atoms. The van der Waals surface area contributed by atoms with Gasteiger partial charge < -0.3 is 0 Å². The molecule has 2 N–H and O–H groups in total. The smallest absolute Gasteiger partial charge is 0.277 e. The Hall–Kier alpha value is -9.89. The van der Waals surface area contributed by atoms with Gasteiger partial charge in [0.1, 0.15) is 35.0 Å². The summed E-state index contributed by atoms with van der Waals surface area (Å²) < 4.78 is 670. The van der Waals surface area contributed by atoms with Gasteiger partial charge in [0.05, 0.1) is 39.2 Å². The summed E-state index contributed by atoms with van der Waals surface area (Å²) in [4.78, 5) is 0. The second kappa shape index (κ2) is 31.0. The quantitative estimate of drug-likeness (QED) is 0.0390. The Labute approximate surface area is 607 Å². The van der Waals surface area contributed by atoms with Gasteiger partial charge in [-0.3, -0.25) is 5.32 Å². The molecule has 0 amide bonds. The predicted octanol–water partition coefficient (Wildman–Crippen LogP) is 21.5. The van der Waals surface area contributed by atoms with Crippen LogP contribution in [0.25, 0.3) is 54.2 Å². The first-order valence-electron chi connectivity index (χ1n) is 31.1. The van der Waals surface area contributed by atoms with E-state index in [0.29, 0.717) is 27.7 Å². The van der Waals surface area contributed by atoms with Crippen LogP contribution in [0.15, 0.2) is 0 Å². The second-order valence-corrected chi connectivity index (χ2v) is 24.1. The van der Waals surface area contributed by atoms with Crippen molar-refractivity contribution < 1.29 is 203 Å². The lowest BCUT2D eigenvalue weighted by Crippen LogP contribution is -2.97. The van der Waals surface area contributed by atoms with Gasteiger partial charge in [0.15, 0.2) is 157 Å². The van der Waals surface area contributed by atoms with Crippen LogP contribution in [0.5, 0.6) is 0 Å². The van der Waals surface area contributed by atoms with E-state index in [-0.39, 0.29) is 18.3 Å². The van der Waals surface area contributed by atoms with Gasteiger partial charge in [0, 0.05) is 5.56 Å². The molecule has 0 saturated heterocycles. The molecule has 0 aliphatic rings. The Bertz CT molecular complexity index is 5200. The first-order chi connectivity index (χ1) is 52.7. The molecule has 47 heteroatoms. The van der Waals surface area contributed by atoms with E-state index in [0.717, 1.165) is 0 Å². The van der Waals surface area contributed by atoms with Crippen LogP contribution >= 0.6 is 0 Å². The fraction of sp³-hybridized carbons (Fsp3) is 0.235. The van der Waals surface area contributed by atoms with Crippen molar-refractivity contribution in [3.05, 3.63) is 220 Å². The van der Waals surface area contributed by atoms with E-state index in [1.807, 2.05) is 0 Å². The summed E-state index contributed by atoms with van der Waals surface area (Å²) in [6, 6.07) is -4.64. The first-order valence-corrected chi connectivity index (χ1v) is 31.1. The van der Waals surface area contributed by atoms with Gasteiger partial charge in [-0.1, -0.05) is 34.6 Å². The van der Waals surface area contributed by atoms with Gasteiger partial charge >= 0.3 is 30.5 Å². The molecular formula is C68H29BF45N. The zero-order valence-corrected chi connectivity index (χ0v) is 55.9. The van der Waals surface area contributed by atoms with Crippen molar-refractivity contribution in [2.45, 2.75) is 97.2 Å². The lowest BCUT2D eigenvalue weighted by atomic mass is 9.11. The van der Waals surface area contributed by atoms with Crippen molar-refractivity contribution in [1.29, 1.82) is 0 Å². The van der Waals surface area contributed by atoms with Crippen LogP contribution in [0.1, 0.15) is 74.4 Å². The van der Waals surface area contributed by atoms with Crippen LogP contribution in [-0.4, -0.2) is 31.1 Å². The van der Waals surface area contributed by atoms with Crippen molar-refractivity contribution in [2.24, 2.45) is 0 Å². The number of rotatable bonds is 13.